The van der Waals surface area contributed by atoms with Gasteiger partial charge < -0.3 is 19.7 Å². The minimum Gasteiger partial charge on any atom is -0.493 e. The maximum Gasteiger partial charge on any atom is 0.223 e. The molecule has 6 nitrogen and oxygen atoms in total. The Morgan fingerprint density at radius 3 is 2.90 bits per heavy atom. The van der Waals surface area contributed by atoms with Crippen LogP contribution in [-0.4, -0.2) is 37.0 Å². The van der Waals surface area contributed by atoms with Crippen LogP contribution >= 0.6 is 22.9 Å². The van der Waals surface area contributed by atoms with Crippen LogP contribution in [0.5, 0.6) is 11.5 Å². The van der Waals surface area contributed by atoms with Crippen LogP contribution < -0.4 is 14.8 Å². The second-order valence-corrected chi connectivity index (χ2v) is 8.16. The molecule has 0 fully saturated rings. The van der Waals surface area contributed by atoms with Crippen LogP contribution in [0.25, 0.3) is 0 Å². The van der Waals surface area contributed by atoms with E-state index in [9.17, 15) is 9.59 Å². The number of halogens is 1. The van der Waals surface area contributed by atoms with E-state index in [1.165, 1.54) is 10.4 Å². The molecular formula is C21H25ClN2O4S. The average molecular weight is 437 g/mol. The molecule has 0 atom stereocenters. The van der Waals surface area contributed by atoms with E-state index in [-0.39, 0.29) is 24.7 Å². The van der Waals surface area contributed by atoms with Crippen molar-refractivity contribution in [2.75, 3.05) is 20.3 Å². The third-order valence-corrected chi connectivity index (χ3v) is 6.10. The van der Waals surface area contributed by atoms with Gasteiger partial charge in [-0.1, -0.05) is 11.6 Å². The summed E-state index contributed by atoms with van der Waals surface area (Å²) in [6.45, 7) is 4.01. The van der Waals surface area contributed by atoms with Gasteiger partial charge in [-0.05, 0) is 48.1 Å². The van der Waals surface area contributed by atoms with Crippen molar-refractivity contribution in [2.45, 2.75) is 39.3 Å². The molecule has 156 valence electrons. The summed E-state index contributed by atoms with van der Waals surface area (Å²) in [7, 11) is 1.54. The van der Waals surface area contributed by atoms with Crippen LogP contribution in [-0.2, 0) is 29.1 Å². The Bertz CT molecular complexity index is 884. The summed E-state index contributed by atoms with van der Waals surface area (Å²) in [5.74, 6) is 0.864. The van der Waals surface area contributed by atoms with Gasteiger partial charge in [0.2, 0.25) is 11.8 Å². The standard InChI is InChI=1S/C21H25ClN2O4S/c1-3-28-21-16(22)10-14(11-17(21)27-2)12-23-19(25)4-5-20(26)24-8-6-18-15(13-24)7-9-29-18/h7,9-11H,3-6,8,12-13H2,1-2H3,(H,23,25). The van der Waals surface area contributed by atoms with Crippen LogP contribution in [0.2, 0.25) is 5.02 Å². The van der Waals surface area contributed by atoms with Crippen LogP contribution in [0.1, 0.15) is 35.8 Å². The van der Waals surface area contributed by atoms with E-state index in [1.807, 2.05) is 11.8 Å². The Kier molecular flexibility index (Phi) is 7.39. The Balaban J connectivity index is 1.48. The Morgan fingerprint density at radius 1 is 1.31 bits per heavy atom. The van der Waals surface area contributed by atoms with Crippen LogP contribution in [0.4, 0.5) is 0 Å². The predicted octanol–water partition coefficient (Wildman–Crippen LogP) is 3.79. The number of carbonyl (C=O) groups excluding carboxylic acids is 2. The molecule has 1 aromatic carbocycles. The highest BCUT2D eigenvalue weighted by Crippen LogP contribution is 2.36. The minimum absolute atomic E-state index is 0.0165. The molecule has 0 unspecified atom stereocenters. The maximum atomic E-state index is 12.4. The van der Waals surface area contributed by atoms with Gasteiger partial charge in [0.05, 0.1) is 18.7 Å². The predicted molar refractivity (Wildman–Crippen MR) is 114 cm³/mol. The normalized spacial score (nSPS) is 13.0. The summed E-state index contributed by atoms with van der Waals surface area (Å²) in [6.07, 6.45) is 1.26. The number of hydrogen-bond donors (Lipinski definition) is 1. The zero-order chi connectivity index (χ0) is 20.8. The largest absolute Gasteiger partial charge is 0.493 e. The summed E-state index contributed by atoms with van der Waals surface area (Å²) < 4.78 is 10.8. The quantitative estimate of drug-likeness (QED) is 0.683. The smallest absolute Gasteiger partial charge is 0.223 e. The zero-order valence-electron chi connectivity index (χ0n) is 16.6. The summed E-state index contributed by atoms with van der Waals surface area (Å²) in [4.78, 5) is 27.8. The molecule has 1 N–H and O–H groups in total. The van der Waals surface area contributed by atoms with Gasteiger partial charge in [0.15, 0.2) is 11.5 Å². The molecule has 2 aromatic rings. The topological polar surface area (TPSA) is 67.9 Å². The molecule has 1 aromatic heterocycles. The highest BCUT2D eigenvalue weighted by molar-refractivity contribution is 7.10. The lowest BCUT2D eigenvalue weighted by molar-refractivity contribution is -0.134. The summed E-state index contributed by atoms with van der Waals surface area (Å²) in [6, 6.07) is 5.60. The fourth-order valence-corrected chi connectivity index (χ4v) is 4.47. The molecule has 2 amide bonds. The van der Waals surface area contributed by atoms with Crippen molar-refractivity contribution >= 4 is 34.8 Å². The van der Waals surface area contributed by atoms with Gasteiger partial charge in [0.25, 0.3) is 0 Å². The van der Waals surface area contributed by atoms with Crippen LogP contribution in [0, 0.1) is 0 Å². The molecule has 0 bridgehead atoms. The number of fused-ring (bicyclic) bond motifs is 1. The molecule has 8 heteroatoms. The lowest BCUT2D eigenvalue weighted by Gasteiger charge is -2.27. The van der Waals surface area contributed by atoms with E-state index >= 15 is 0 Å². The molecular weight excluding hydrogens is 412 g/mol. The Hall–Kier alpha value is -2.25. The SMILES string of the molecule is CCOc1c(Cl)cc(CNC(=O)CCC(=O)N2CCc3sccc3C2)cc1OC. The van der Waals surface area contributed by atoms with Gasteiger partial charge in [-0.2, -0.15) is 0 Å². The molecule has 0 saturated heterocycles. The van der Waals surface area contributed by atoms with E-state index in [4.69, 9.17) is 21.1 Å². The third kappa shape index (κ3) is 5.42. The zero-order valence-corrected chi connectivity index (χ0v) is 18.2. The van der Waals surface area contributed by atoms with E-state index < -0.39 is 0 Å². The molecule has 0 saturated carbocycles. The summed E-state index contributed by atoms with van der Waals surface area (Å²) in [5, 5.41) is 5.33. The van der Waals surface area contributed by atoms with E-state index in [1.54, 1.807) is 30.6 Å². The highest BCUT2D eigenvalue weighted by Gasteiger charge is 2.21. The number of methoxy groups -OCH3 is 1. The molecule has 2 heterocycles. The first-order valence-corrected chi connectivity index (χ1v) is 10.9. The fourth-order valence-electron chi connectivity index (χ4n) is 3.29. The lowest BCUT2D eigenvalue weighted by atomic mass is 10.1. The molecule has 3 rings (SSSR count). The molecule has 1 aliphatic heterocycles. The van der Waals surface area contributed by atoms with Crippen molar-refractivity contribution in [1.82, 2.24) is 10.2 Å². The van der Waals surface area contributed by atoms with Gasteiger partial charge in [0, 0.05) is 37.4 Å². The van der Waals surface area contributed by atoms with Crippen molar-refractivity contribution in [2.24, 2.45) is 0 Å². The second kappa shape index (κ2) is 9.98. The molecule has 1 aliphatic rings. The first-order valence-electron chi connectivity index (χ1n) is 9.60. The van der Waals surface area contributed by atoms with Crippen molar-refractivity contribution in [1.29, 1.82) is 0 Å². The van der Waals surface area contributed by atoms with Crippen molar-refractivity contribution < 1.29 is 19.1 Å². The van der Waals surface area contributed by atoms with E-state index in [0.717, 1.165) is 18.5 Å². The summed E-state index contributed by atoms with van der Waals surface area (Å²) in [5.41, 5.74) is 2.02. The van der Waals surface area contributed by atoms with E-state index in [0.29, 0.717) is 36.2 Å². The number of hydrogen-bond acceptors (Lipinski definition) is 5. The van der Waals surface area contributed by atoms with Crippen molar-refractivity contribution in [3.05, 3.63) is 44.6 Å². The number of ether oxygens (including phenoxy) is 2. The number of nitrogens with zero attached hydrogens (tertiary/aromatic N) is 1. The summed E-state index contributed by atoms with van der Waals surface area (Å²) >= 11 is 8.00. The monoisotopic (exact) mass is 436 g/mol. The highest BCUT2D eigenvalue weighted by atomic mass is 35.5. The number of benzene rings is 1. The van der Waals surface area contributed by atoms with Crippen molar-refractivity contribution in [3.8, 4) is 11.5 Å². The lowest BCUT2D eigenvalue weighted by Crippen LogP contribution is -2.36. The number of rotatable bonds is 8. The number of nitrogens with one attached hydrogen (secondary N) is 1. The number of thiophene rings is 1. The van der Waals surface area contributed by atoms with Crippen molar-refractivity contribution in [3.63, 3.8) is 0 Å². The molecule has 0 radical (unpaired) electrons. The van der Waals surface area contributed by atoms with Gasteiger partial charge in [-0.15, -0.1) is 11.3 Å². The molecule has 0 spiro atoms. The van der Waals surface area contributed by atoms with E-state index in [2.05, 4.69) is 16.8 Å². The van der Waals surface area contributed by atoms with Gasteiger partial charge in [-0.25, -0.2) is 0 Å². The molecule has 29 heavy (non-hydrogen) atoms. The first-order chi connectivity index (χ1) is 14.0. The fraction of sp³-hybridized carbons (Fsp3) is 0.429. The minimum atomic E-state index is -0.171. The molecule has 0 aliphatic carbocycles. The van der Waals surface area contributed by atoms with Gasteiger partial charge in [-0.3, -0.25) is 9.59 Å². The van der Waals surface area contributed by atoms with Gasteiger partial charge in [0.1, 0.15) is 0 Å². The average Bonchev–Trinajstić information content (AvgIpc) is 3.19. The number of carbonyl (C=O) groups is 2. The maximum absolute atomic E-state index is 12.4. The third-order valence-electron chi connectivity index (χ3n) is 4.79. The Labute approximate surface area is 179 Å². The second-order valence-electron chi connectivity index (χ2n) is 6.75. The number of amides is 2. The van der Waals surface area contributed by atoms with Crippen LogP contribution in [0.3, 0.4) is 0 Å². The van der Waals surface area contributed by atoms with Gasteiger partial charge >= 0.3 is 0 Å². The Morgan fingerprint density at radius 2 is 2.14 bits per heavy atom. The van der Waals surface area contributed by atoms with Crippen LogP contribution in [0.15, 0.2) is 23.6 Å². The first kappa shape index (κ1) is 21.5.